The number of aromatic nitrogens is 3. The molecule has 1 fully saturated rings. The normalized spacial score (nSPS) is 26.7. The fourth-order valence-electron chi connectivity index (χ4n) is 3.68. The van der Waals surface area contributed by atoms with Gasteiger partial charge in [-0.1, -0.05) is 0 Å². The van der Waals surface area contributed by atoms with Crippen LogP contribution in [0, 0.1) is 6.92 Å². The molecule has 4 rings (SSSR count). The first kappa shape index (κ1) is 13.6. The van der Waals surface area contributed by atoms with E-state index in [2.05, 4.69) is 33.6 Å². The molecule has 2 N–H and O–H groups in total. The van der Waals surface area contributed by atoms with Crippen LogP contribution in [0.3, 0.4) is 0 Å². The molecule has 2 aromatic heterocycles. The average molecular weight is 295 g/mol. The lowest BCUT2D eigenvalue weighted by molar-refractivity contribution is 0.446. The lowest BCUT2D eigenvalue weighted by atomic mass is 9.85. The minimum absolute atomic E-state index is 0.177. The Kier molecular flexibility index (Phi) is 3.11. The molecule has 0 unspecified atom stereocenters. The second-order valence-corrected chi connectivity index (χ2v) is 6.59. The first-order valence-corrected chi connectivity index (χ1v) is 7.95. The molecule has 5 heteroatoms. The monoisotopic (exact) mass is 295 g/mol. The van der Waals surface area contributed by atoms with Crippen molar-refractivity contribution in [2.24, 2.45) is 0 Å². The van der Waals surface area contributed by atoms with Crippen LogP contribution >= 0.6 is 0 Å². The van der Waals surface area contributed by atoms with E-state index >= 15 is 0 Å². The predicted octanol–water partition coefficient (Wildman–Crippen LogP) is 2.33. The highest BCUT2D eigenvalue weighted by atomic mass is 15.1. The summed E-state index contributed by atoms with van der Waals surface area (Å²) in [7, 11) is 0. The highest BCUT2D eigenvalue weighted by Crippen LogP contribution is 2.36. The fraction of sp³-hybridized carbons (Fsp3) is 0.471. The number of aryl methyl sites for hydroxylation is 2. The lowest BCUT2D eigenvalue weighted by Gasteiger charge is -2.36. The van der Waals surface area contributed by atoms with Gasteiger partial charge in [0.15, 0.2) is 5.82 Å². The van der Waals surface area contributed by atoms with Crippen LogP contribution in [0.4, 0.5) is 5.82 Å². The number of nitrogens with one attached hydrogen (secondary N) is 2. The van der Waals surface area contributed by atoms with Gasteiger partial charge in [0, 0.05) is 30.5 Å². The third kappa shape index (κ3) is 2.25. The largest absolute Gasteiger partial charge is 0.363 e. The van der Waals surface area contributed by atoms with Crippen LogP contribution in [0.1, 0.15) is 31.0 Å². The van der Waals surface area contributed by atoms with Crippen molar-refractivity contribution in [1.82, 2.24) is 20.3 Å². The molecule has 5 nitrogen and oxygen atoms in total. The second-order valence-electron chi connectivity index (χ2n) is 6.59. The number of rotatable bonds is 1. The lowest BCUT2D eigenvalue weighted by Crippen LogP contribution is -2.44. The minimum Gasteiger partial charge on any atom is -0.363 e. The SMILES string of the molecule is Cc1nc2c(cc1-c1ncccn1)CC[C@]1(CN[C@@H](C)C1)N2. The van der Waals surface area contributed by atoms with Crippen molar-refractivity contribution >= 4 is 5.82 Å². The Morgan fingerprint density at radius 3 is 2.82 bits per heavy atom. The van der Waals surface area contributed by atoms with Crippen LogP contribution < -0.4 is 10.6 Å². The van der Waals surface area contributed by atoms with Gasteiger partial charge in [0.2, 0.25) is 0 Å². The van der Waals surface area contributed by atoms with E-state index < -0.39 is 0 Å². The van der Waals surface area contributed by atoms with Crippen LogP contribution in [0.15, 0.2) is 24.5 Å². The molecule has 1 spiro atoms. The van der Waals surface area contributed by atoms with Crippen LogP contribution in [0.25, 0.3) is 11.4 Å². The van der Waals surface area contributed by atoms with E-state index in [-0.39, 0.29) is 5.54 Å². The van der Waals surface area contributed by atoms with Crippen molar-refractivity contribution in [1.29, 1.82) is 0 Å². The molecule has 2 aromatic rings. The Hall–Kier alpha value is -2.01. The number of fused-ring (bicyclic) bond motifs is 1. The maximum absolute atomic E-state index is 4.82. The maximum atomic E-state index is 4.82. The Morgan fingerprint density at radius 2 is 2.09 bits per heavy atom. The highest BCUT2D eigenvalue weighted by Gasteiger charge is 2.40. The van der Waals surface area contributed by atoms with E-state index in [1.807, 2.05) is 13.0 Å². The van der Waals surface area contributed by atoms with E-state index in [1.54, 1.807) is 12.4 Å². The molecule has 114 valence electrons. The highest BCUT2D eigenvalue weighted by molar-refractivity contribution is 5.64. The van der Waals surface area contributed by atoms with Crippen LogP contribution in [-0.2, 0) is 6.42 Å². The van der Waals surface area contributed by atoms with Gasteiger partial charge in [-0.2, -0.15) is 0 Å². The Bertz CT molecular complexity index is 700. The summed E-state index contributed by atoms with van der Waals surface area (Å²) in [4.78, 5) is 13.5. The molecule has 0 amide bonds. The van der Waals surface area contributed by atoms with Gasteiger partial charge in [-0.3, -0.25) is 0 Å². The zero-order valence-electron chi connectivity index (χ0n) is 13.1. The Morgan fingerprint density at radius 1 is 1.27 bits per heavy atom. The maximum Gasteiger partial charge on any atom is 0.160 e. The van der Waals surface area contributed by atoms with E-state index in [0.29, 0.717) is 6.04 Å². The van der Waals surface area contributed by atoms with Gasteiger partial charge >= 0.3 is 0 Å². The molecule has 1 saturated heterocycles. The first-order chi connectivity index (χ1) is 10.7. The molecule has 2 atom stereocenters. The molecule has 0 bridgehead atoms. The van der Waals surface area contributed by atoms with Gasteiger partial charge in [-0.25, -0.2) is 15.0 Å². The molecule has 0 aliphatic carbocycles. The molecule has 2 aliphatic rings. The number of pyridine rings is 1. The molecule has 2 aliphatic heterocycles. The third-order valence-electron chi connectivity index (χ3n) is 4.84. The first-order valence-electron chi connectivity index (χ1n) is 7.95. The summed E-state index contributed by atoms with van der Waals surface area (Å²) in [6, 6.07) is 4.62. The predicted molar refractivity (Wildman–Crippen MR) is 86.8 cm³/mol. The topological polar surface area (TPSA) is 62.7 Å². The van der Waals surface area contributed by atoms with E-state index in [0.717, 1.165) is 48.7 Å². The van der Waals surface area contributed by atoms with E-state index in [9.17, 15) is 0 Å². The minimum atomic E-state index is 0.177. The van der Waals surface area contributed by atoms with Crippen molar-refractivity contribution in [2.45, 2.75) is 44.7 Å². The number of hydrogen-bond donors (Lipinski definition) is 2. The molecule has 0 saturated carbocycles. The van der Waals surface area contributed by atoms with E-state index in [4.69, 9.17) is 4.98 Å². The summed E-state index contributed by atoms with van der Waals surface area (Å²) >= 11 is 0. The molecule has 0 aromatic carbocycles. The van der Waals surface area contributed by atoms with Crippen molar-refractivity contribution in [3.8, 4) is 11.4 Å². The van der Waals surface area contributed by atoms with Gasteiger partial charge in [0.1, 0.15) is 5.82 Å². The third-order valence-corrected chi connectivity index (χ3v) is 4.84. The standard InChI is InChI=1S/C17H21N5/c1-11-9-17(10-20-11)5-4-13-8-14(12(2)21-15(13)22-17)16-18-6-3-7-19-16/h3,6-8,11,20H,4-5,9-10H2,1-2H3,(H,21,22)/t11-,17-/m0/s1. The quantitative estimate of drug-likeness (QED) is 0.845. The van der Waals surface area contributed by atoms with Crippen molar-refractivity contribution < 1.29 is 0 Å². The van der Waals surface area contributed by atoms with Gasteiger partial charge in [0.25, 0.3) is 0 Å². The molecule has 0 radical (unpaired) electrons. The summed E-state index contributed by atoms with van der Waals surface area (Å²) in [6.45, 7) is 5.31. The van der Waals surface area contributed by atoms with Gasteiger partial charge in [-0.05, 0) is 50.8 Å². The summed E-state index contributed by atoms with van der Waals surface area (Å²) in [5, 5.41) is 7.26. The van der Waals surface area contributed by atoms with Crippen LogP contribution in [0.2, 0.25) is 0 Å². The van der Waals surface area contributed by atoms with Gasteiger partial charge < -0.3 is 10.6 Å². The molecular weight excluding hydrogens is 274 g/mol. The summed E-state index contributed by atoms with van der Waals surface area (Å²) in [6.07, 6.45) is 6.93. The molecule has 4 heterocycles. The van der Waals surface area contributed by atoms with Gasteiger partial charge in [-0.15, -0.1) is 0 Å². The zero-order valence-corrected chi connectivity index (χ0v) is 13.1. The van der Waals surface area contributed by atoms with Crippen LogP contribution in [-0.4, -0.2) is 33.1 Å². The Balaban J connectivity index is 1.70. The average Bonchev–Trinajstić information content (AvgIpc) is 2.88. The molecule has 22 heavy (non-hydrogen) atoms. The summed E-state index contributed by atoms with van der Waals surface area (Å²) in [5.74, 6) is 1.80. The fourth-order valence-corrected chi connectivity index (χ4v) is 3.68. The van der Waals surface area contributed by atoms with Crippen molar-refractivity contribution in [2.75, 3.05) is 11.9 Å². The van der Waals surface area contributed by atoms with Crippen molar-refractivity contribution in [3.63, 3.8) is 0 Å². The van der Waals surface area contributed by atoms with Gasteiger partial charge in [0.05, 0.1) is 11.2 Å². The van der Waals surface area contributed by atoms with Crippen LogP contribution in [0.5, 0.6) is 0 Å². The van der Waals surface area contributed by atoms with E-state index in [1.165, 1.54) is 5.56 Å². The van der Waals surface area contributed by atoms with Crippen molar-refractivity contribution in [3.05, 3.63) is 35.8 Å². The zero-order chi connectivity index (χ0) is 15.2. The number of nitrogens with zero attached hydrogens (tertiary/aromatic N) is 3. The Labute approximate surface area is 130 Å². The second kappa shape index (κ2) is 5.02. The molecular formula is C17H21N5. The summed E-state index contributed by atoms with van der Waals surface area (Å²) < 4.78 is 0. The smallest absolute Gasteiger partial charge is 0.160 e. The summed E-state index contributed by atoms with van der Waals surface area (Å²) in [5.41, 5.74) is 3.47. The number of anilines is 1. The number of hydrogen-bond acceptors (Lipinski definition) is 5.